The average molecular weight is 405 g/mol. The molecule has 2 heterocycles. The first-order chi connectivity index (χ1) is 12.0. The van der Waals surface area contributed by atoms with E-state index in [4.69, 9.17) is 5.11 Å². The molecule has 2 aromatic heterocycles. The number of halogens is 1. The smallest absolute Gasteiger partial charge is 0.341 e. The van der Waals surface area contributed by atoms with Gasteiger partial charge in [-0.3, -0.25) is 4.79 Å². The van der Waals surface area contributed by atoms with Gasteiger partial charge in [-0.1, -0.05) is 22.9 Å². The van der Waals surface area contributed by atoms with Crippen molar-refractivity contribution in [2.45, 2.75) is 13.5 Å². The highest BCUT2D eigenvalue weighted by atomic mass is 79.9. The molecule has 0 atom stereocenters. The molecule has 3 rings (SSSR count). The van der Waals surface area contributed by atoms with E-state index in [1.807, 2.05) is 31.2 Å². The summed E-state index contributed by atoms with van der Waals surface area (Å²) in [5.74, 6) is -1.59. The minimum absolute atomic E-state index is 0.0757. The molecule has 8 nitrogen and oxygen atoms in total. The van der Waals surface area contributed by atoms with E-state index in [-0.39, 0.29) is 17.8 Å². The molecule has 9 heteroatoms. The number of nitrogens with zero attached hydrogens (tertiary/aromatic N) is 3. The Morgan fingerprint density at radius 1 is 1.32 bits per heavy atom. The zero-order chi connectivity index (χ0) is 18.0. The quantitative estimate of drug-likeness (QED) is 0.675. The van der Waals surface area contributed by atoms with Gasteiger partial charge in [0.1, 0.15) is 27.8 Å². The number of carbonyl (C=O) groups excluding carboxylic acids is 1. The van der Waals surface area contributed by atoms with Crippen LogP contribution in [0.5, 0.6) is 0 Å². The second kappa shape index (κ2) is 6.89. The third-order valence-electron chi connectivity index (χ3n) is 3.48. The highest BCUT2D eigenvalue weighted by Gasteiger charge is 2.19. The van der Waals surface area contributed by atoms with Gasteiger partial charge < -0.3 is 14.9 Å². The summed E-state index contributed by atoms with van der Waals surface area (Å²) < 4.78 is 6.65. The number of hydrogen-bond acceptors (Lipinski definition) is 5. The number of carboxylic acid groups (broad SMARTS) is 1. The predicted octanol–water partition coefficient (Wildman–Crippen LogP) is 2.56. The van der Waals surface area contributed by atoms with Gasteiger partial charge in [-0.25, -0.2) is 9.48 Å². The maximum Gasteiger partial charge on any atom is 0.341 e. The van der Waals surface area contributed by atoms with Crippen LogP contribution in [0, 0.1) is 6.92 Å². The monoisotopic (exact) mass is 404 g/mol. The third kappa shape index (κ3) is 3.61. The molecular formula is C16H13BrN4O4. The molecule has 0 spiro atoms. The number of hydrogen-bond donors (Lipinski definition) is 2. The van der Waals surface area contributed by atoms with Crippen LogP contribution in [-0.2, 0) is 6.54 Å². The zero-order valence-electron chi connectivity index (χ0n) is 13.1. The van der Waals surface area contributed by atoms with Crippen LogP contribution in [0.25, 0.3) is 5.69 Å². The molecule has 0 fully saturated rings. The van der Waals surface area contributed by atoms with Crippen LogP contribution in [0.15, 0.2) is 45.7 Å². The Hall–Kier alpha value is -2.94. The zero-order valence-corrected chi connectivity index (χ0v) is 14.6. The van der Waals surface area contributed by atoms with E-state index in [0.717, 1.165) is 17.5 Å². The summed E-state index contributed by atoms with van der Waals surface area (Å²) in [6.07, 6.45) is 1.02. The van der Waals surface area contributed by atoms with Gasteiger partial charge in [0, 0.05) is 6.07 Å². The Morgan fingerprint density at radius 3 is 2.72 bits per heavy atom. The first-order valence-corrected chi connectivity index (χ1v) is 8.02. The summed E-state index contributed by atoms with van der Waals surface area (Å²) in [4.78, 5) is 23.5. The maximum atomic E-state index is 12.5. The van der Waals surface area contributed by atoms with Gasteiger partial charge in [0.15, 0.2) is 0 Å². The van der Waals surface area contributed by atoms with Crippen molar-refractivity contribution in [1.82, 2.24) is 20.3 Å². The molecule has 2 N–H and O–H groups in total. The molecule has 0 aliphatic heterocycles. The maximum absolute atomic E-state index is 12.5. The van der Waals surface area contributed by atoms with E-state index in [1.165, 1.54) is 4.68 Å². The molecule has 1 aromatic carbocycles. The highest BCUT2D eigenvalue weighted by Crippen LogP contribution is 2.17. The minimum atomic E-state index is -1.17. The number of carbonyl (C=O) groups is 2. The van der Waals surface area contributed by atoms with Crippen molar-refractivity contribution in [3.8, 4) is 5.69 Å². The van der Waals surface area contributed by atoms with Crippen molar-refractivity contribution in [3.05, 3.63) is 63.7 Å². The fourth-order valence-corrected chi connectivity index (χ4v) is 2.59. The van der Waals surface area contributed by atoms with Gasteiger partial charge in [0.25, 0.3) is 5.91 Å². The van der Waals surface area contributed by atoms with Gasteiger partial charge in [-0.05, 0) is 35.0 Å². The van der Waals surface area contributed by atoms with Crippen LogP contribution >= 0.6 is 15.9 Å². The number of benzene rings is 1. The lowest BCUT2D eigenvalue weighted by Crippen LogP contribution is -2.26. The van der Waals surface area contributed by atoms with E-state index in [9.17, 15) is 9.59 Å². The van der Waals surface area contributed by atoms with E-state index >= 15 is 0 Å². The number of aromatic nitrogens is 3. The molecule has 0 unspecified atom stereocenters. The van der Waals surface area contributed by atoms with E-state index in [0.29, 0.717) is 10.3 Å². The summed E-state index contributed by atoms with van der Waals surface area (Å²) in [5.41, 5.74) is 2.17. The normalized spacial score (nSPS) is 10.6. The standard InChI is InChI=1S/C16H13BrN4O4/c1-9-2-4-10(5-3-9)21-13(6-14(17)19-21)15(22)18-7-12-11(16(23)24)8-25-20-12/h2-6,8H,7H2,1H3,(H,18,22)(H,23,24). The first-order valence-electron chi connectivity index (χ1n) is 7.23. The molecule has 0 saturated carbocycles. The molecule has 128 valence electrons. The van der Waals surface area contributed by atoms with Crippen molar-refractivity contribution < 1.29 is 19.2 Å². The topological polar surface area (TPSA) is 110 Å². The third-order valence-corrected chi connectivity index (χ3v) is 3.87. The van der Waals surface area contributed by atoms with Crippen LogP contribution in [0.3, 0.4) is 0 Å². The second-order valence-electron chi connectivity index (χ2n) is 5.26. The van der Waals surface area contributed by atoms with Crippen molar-refractivity contribution in [3.63, 3.8) is 0 Å². The Labute approximate surface area is 150 Å². The Balaban J connectivity index is 1.82. The largest absolute Gasteiger partial charge is 0.478 e. The van der Waals surface area contributed by atoms with Crippen LogP contribution in [0.2, 0.25) is 0 Å². The Morgan fingerprint density at radius 2 is 2.04 bits per heavy atom. The van der Waals surface area contributed by atoms with Crippen molar-refractivity contribution in [2.75, 3.05) is 0 Å². The second-order valence-corrected chi connectivity index (χ2v) is 6.07. The van der Waals surface area contributed by atoms with Gasteiger partial charge in [0.2, 0.25) is 0 Å². The van der Waals surface area contributed by atoms with Crippen molar-refractivity contribution in [2.24, 2.45) is 0 Å². The Bertz CT molecular complexity index is 930. The van der Waals surface area contributed by atoms with Gasteiger partial charge in [-0.15, -0.1) is 0 Å². The highest BCUT2D eigenvalue weighted by molar-refractivity contribution is 9.10. The van der Waals surface area contributed by atoms with Crippen LogP contribution < -0.4 is 5.32 Å². The number of carboxylic acids is 1. The number of rotatable bonds is 5. The SMILES string of the molecule is Cc1ccc(-n2nc(Br)cc2C(=O)NCc2nocc2C(=O)O)cc1. The summed E-state index contributed by atoms with van der Waals surface area (Å²) in [5, 5.41) is 19.5. The van der Waals surface area contributed by atoms with E-state index in [1.54, 1.807) is 6.07 Å². The fraction of sp³-hybridized carbons (Fsp3) is 0.125. The average Bonchev–Trinajstić information content (AvgIpc) is 3.20. The molecule has 3 aromatic rings. The number of aryl methyl sites for hydroxylation is 1. The first kappa shape index (κ1) is 16.9. The van der Waals surface area contributed by atoms with E-state index < -0.39 is 11.9 Å². The molecule has 0 radical (unpaired) electrons. The Kier molecular flexibility index (Phi) is 4.66. The van der Waals surface area contributed by atoms with E-state index in [2.05, 4.69) is 36.0 Å². The van der Waals surface area contributed by atoms with Gasteiger partial charge in [-0.2, -0.15) is 5.10 Å². The van der Waals surface area contributed by atoms with Crippen LogP contribution in [0.4, 0.5) is 0 Å². The lowest BCUT2D eigenvalue weighted by Gasteiger charge is -2.08. The molecule has 0 aliphatic rings. The van der Waals surface area contributed by atoms with Crippen LogP contribution in [0.1, 0.15) is 32.1 Å². The molecular weight excluding hydrogens is 392 g/mol. The number of nitrogens with one attached hydrogen (secondary N) is 1. The minimum Gasteiger partial charge on any atom is -0.478 e. The fourth-order valence-electron chi connectivity index (χ4n) is 2.21. The molecule has 0 aliphatic carbocycles. The van der Waals surface area contributed by atoms with Crippen molar-refractivity contribution in [1.29, 1.82) is 0 Å². The number of aromatic carboxylic acids is 1. The van der Waals surface area contributed by atoms with Gasteiger partial charge in [0.05, 0.1) is 12.2 Å². The van der Waals surface area contributed by atoms with Gasteiger partial charge >= 0.3 is 5.97 Å². The predicted molar refractivity (Wildman–Crippen MR) is 90.6 cm³/mol. The summed E-state index contributed by atoms with van der Waals surface area (Å²) >= 11 is 3.27. The van der Waals surface area contributed by atoms with Crippen molar-refractivity contribution >= 4 is 27.8 Å². The summed E-state index contributed by atoms with van der Waals surface area (Å²) in [6.45, 7) is 1.89. The summed E-state index contributed by atoms with van der Waals surface area (Å²) in [7, 11) is 0. The molecule has 25 heavy (non-hydrogen) atoms. The molecule has 0 bridgehead atoms. The summed E-state index contributed by atoms with van der Waals surface area (Å²) in [6, 6.07) is 9.12. The van der Waals surface area contributed by atoms with Crippen LogP contribution in [-0.4, -0.2) is 31.9 Å². The molecule has 0 saturated heterocycles. The lowest BCUT2D eigenvalue weighted by atomic mass is 10.2. The number of amides is 1. The molecule has 1 amide bonds. The lowest BCUT2D eigenvalue weighted by molar-refractivity contribution is 0.0693.